The van der Waals surface area contributed by atoms with Gasteiger partial charge >= 0.3 is 6.09 Å². The topological polar surface area (TPSA) is 116 Å². The van der Waals surface area contributed by atoms with Crippen LogP contribution in [-0.4, -0.2) is 81.3 Å². The SMILES string of the molecule is COc1ccccc1OCCCCOc1ccc(C2CCN(C(=O)O)CC2OCCOc2ccccc2CCNC(C)=O)cc1. The van der Waals surface area contributed by atoms with E-state index in [1.54, 1.807) is 7.11 Å². The second-order valence-corrected chi connectivity index (χ2v) is 10.8. The molecule has 0 spiro atoms. The minimum Gasteiger partial charge on any atom is -0.494 e. The number of nitrogens with zero attached hydrogens (tertiary/aromatic N) is 1. The van der Waals surface area contributed by atoms with Crippen molar-refractivity contribution in [1.82, 2.24) is 10.2 Å². The van der Waals surface area contributed by atoms with Gasteiger partial charge in [-0.1, -0.05) is 42.5 Å². The summed E-state index contributed by atoms with van der Waals surface area (Å²) in [5.41, 5.74) is 2.09. The summed E-state index contributed by atoms with van der Waals surface area (Å²) in [5, 5.41) is 12.4. The highest BCUT2D eigenvalue weighted by atomic mass is 16.5. The van der Waals surface area contributed by atoms with Crippen LogP contribution in [0.15, 0.2) is 72.8 Å². The number of carboxylic acid groups (broad SMARTS) is 1. The van der Waals surface area contributed by atoms with Gasteiger partial charge in [0.1, 0.15) is 18.1 Å². The highest BCUT2D eigenvalue weighted by molar-refractivity contribution is 5.72. The first-order valence-corrected chi connectivity index (χ1v) is 15.5. The maximum atomic E-state index is 11.7. The van der Waals surface area contributed by atoms with Crippen LogP contribution in [0.5, 0.6) is 23.0 Å². The van der Waals surface area contributed by atoms with Gasteiger partial charge in [0.2, 0.25) is 5.91 Å². The molecule has 3 aromatic rings. The summed E-state index contributed by atoms with van der Waals surface area (Å²) in [5.74, 6) is 2.98. The van der Waals surface area contributed by atoms with Crippen molar-refractivity contribution in [2.45, 2.75) is 44.6 Å². The molecular weight excluding hydrogens is 576 g/mol. The van der Waals surface area contributed by atoms with Gasteiger partial charge in [-0.3, -0.25) is 4.79 Å². The van der Waals surface area contributed by atoms with Crippen LogP contribution in [0.2, 0.25) is 0 Å². The Morgan fingerprint density at radius 3 is 2.22 bits per heavy atom. The number of carbonyl (C=O) groups excluding carboxylic acids is 1. The molecule has 4 rings (SSSR count). The summed E-state index contributed by atoms with van der Waals surface area (Å²) in [6.45, 7) is 4.57. The van der Waals surface area contributed by atoms with Crippen molar-refractivity contribution in [3.05, 3.63) is 83.9 Å². The molecule has 0 radical (unpaired) electrons. The van der Waals surface area contributed by atoms with Crippen LogP contribution in [0.3, 0.4) is 0 Å². The molecule has 1 aliphatic rings. The summed E-state index contributed by atoms with van der Waals surface area (Å²) in [6, 6.07) is 23.3. The normalized spacial score (nSPS) is 16.1. The smallest absolute Gasteiger partial charge is 0.407 e. The summed E-state index contributed by atoms with van der Waals surface area (Å²) >= 11 is 0. The number of rotatable bonds is 17. The van der Waals surface area contributed by atoms with Gasteiger partial charge in [0, 0.05) is 25.9 Å². The number of hydrogen-bond acceptors (Lipinski definition) is 7. The van der Waals surface area contributed by atoms with E-state index in [0.29, 0.717) is 58.9 Å². The molecule has 2 atom stereocenters. The first kappa shape index (κ1) is 33.5. The largest absolute Gasteiger partial charge is 0.494 e. The van der Waals surface area contributed by atoms with E-state index in [-0.39, 0.29) is 17.9 Å². The van der Waals surface area contributed by atoms with Gasteiger partial charge in [-0.25, -0.2) is 4.79 Å². The predicted octanol–water partition coefficient (Wildman–Crippen LogP) is 5.54. The molecule has 2 unspecified atom stereocenters. The Kier molecular flexibility index (Phi) is 13.2. The van der Waals surface area contributed by atoms with E-state index in [2.05, 4.69) is 5.32 Å². The van der Waals surface area contributed by atoms with E-state index in [0.717, 1.165) is 47.0 Å². The number of para-hydroxylation sites is 3. The fourth-order valence-electron chi connectivity index (χ4n) is 5.34. The molecule has 3 aromatic carbocycles. The molecule has 0 aliphatic carbocycles. The summed E-state index contributed by atoms with van der Waals surface area (Å²) < 4.78 is 29.4. The molecular formula is C35H44N2O8. The maximum absolute atomic E-state index is 11.7. The van der Waals surface area contributed by atoms with Crippen LogP contribution in [0.25, 0.3) is 0 Å². The third-order valence-electron chi connectivity index (χ3n) is 7.69. The monoisotopic (exact) mass is 620 g/mol. The van der Waals surface area contributed by atoms with Crippen LogP contribution < -0.4 is 24.3 Å². The average molecular weight is 621 g/mol. The zero-order valence-corrected chi connectivity index (χ0v) is 26.1. The first-order chi connectivity index (χ1) is 21.9. The average Bonchev–Trinajstić information content (AvgIpc) is 3.05. The summed E-state index contributed by atoms with van der Waals surface area (Å²) in [4.78, 5) is 24.3. The molecule has 45 heavy (non-hydrogen) atoms. The minimum absolute atomic E-state index is 0.0479. The number of carbonyl (C=O) groups is 2. The zero-order chi connectivity index (χ0) is 31.9. The number of likely N-dealkylation sites (tertiary alicyclic amines) is 1. The van der Waals surface area contributed by atoms with E-state index in [1.165, 1.54) is 11.8 Å². The fraction of sp³-hybridized carbons (Fsp3) is 0.429. The van der Waals surface area contributed by atoms with E-state index < -0.39 is 6.09 Å². The van der Waals surface area contributed by atoms with Gasteiger partial charge in [-0.05, 0) is 67.1 Å². The van der Waals surface area contributed by atoms with Crippen LogP contribution >= 0.6 is 0 Å². The minimum atomic E-state index is -0.941. The fourth-order valence-corrected chi connectivity index (χ4v) is 5.34. The van der Waals surface area contributed by atoms with Gasteiger partial charge in [0.05, 0.1) is 39.6 Å². The Balaban J connectivity index is 1.24. The van der Waals surface area contributed by atoms with Gasteiger partial charge < -0.3 is 39.0 Å². The Hall–Kier alpha value is -4.44. The lowest BCUT2D eigenvalue weighted by molar-refractivity contribution is -0.118. The highest BCUT2D eigenvalue weighted by Crippen LogP contribution is 2.32. The predicted molar refractivity (Wildman–Crippen MR) is 171 cm³/mol. The van der Waals surface area contributed by atoms with Crippen molar-refractivity contribution in [2.75, 3.05) is 53.2 Å². The lowest BCUT2D eigenvalue weighted by Crippen LogP contribution is -2.46. The van der Waals surface area contributed by atoms with E-state index in [1.807, 2.05) is 72.8 Å². The molecule has 242 valence electrons. The van der Waals surface area contributed by atoms with Crippen molar-refractivity contribution in [3.8, 4) is 23.0 Å². The maximum Gasteiger partial charge on any atom is 0.407 e. The number of ether oxygens (including phenoxy) is 5. The third kappa shape index (κ3) is 10.6. The molecule has 0 saturated carbocycles. The molecule has 10 nitrogen and oxygen atoms in total. The second kappa shape index (κ2) is 17.8. The quantitative estimate of drug-likeness (QED) is 0.189. The van der Waals surface area contributed by atoms with E-state index in [9.17, 15) is 14.7 Å². The number of unbranched alkanes of at least 4 members (excludes halogenated alkanes) is 1. The number of hydrogen-bond donors (Lipinski definition) is 2. The van der Waals surface area contributed by atoms with Crippen LogP contribution in [0.1, 0.15) is 43.2 Å². The van der Waals surface area contributed by atoms with Crippen molar-refractivity contribution in [1.29, 1.82) is 0 Å². The van der Waals surface area contributed by atoms with Gasteiger partial charge in [0.25, 0.3) is 0 Å². The number of benzene rings is 3. The molecule has 1 heterocycles. The van der Waals surface area contributed by atoms with Gasteiger partial charge in [0.15, 0.2) is 11.5 Å². The lowest BCUT2D eigenvalue weighted by atomic mass is 9.87. The van der Waals surface area contributed by atoms with Crippen molar-refractivity contribution in [2.24, 2.45) is 0 Å². The number of methoxy groups -OCH3 is 1. The van der Waals surface area contributed by atoms with Crippen LogP contribution in [0, 0.1) is 0 Å². The van der Waals surface area contributed by atoms with Crippen LogP contribution in [0.4, 0.5) is 4.79 Å². The number of nitrogens with one attached hydrogen (secondary N) is 1. The number of amides is 2. The second-order valence-electron chi connectivity index (χ2n) is 10.8. The molecule has 0 bridgehead atoms. The molecule has 0 aromatic heterocycles. The van der Waals surface area contributed by atoms with Crippen molar-refractivity contribution in [3.63, 3.8) is 0 Å². The molecule has 1 saturated heterocycles. The molecule has 1 fully saturated rings. The first-order valence-electron chi connectivity index (χ1n) is 15.5. The third-order valence-corrected chi connectivity index (χ3v) is 7.69. The molecule has 2 N–H and O–H groups in total. The van der Waals surface area contributed by atoms with Gasteiger partial charge in [-0.15, -0.1) is 0 Å². The highest BCUT2D eigenvalue weighted by Gasteiger charge is 2.33. The zero-order valence-electron chi connectivity index (χ0n) is 26.1. The van der Waals surface area contributed by atoms with E-state index in [4.69, 9.17) is 23.7 Å². The summed E-state index contributed by atoms with van der Waals surface area (Å²) in [6.07, 6.45) is 1.78. The Morgan fingerprint density at radius 1 is 0.844 bits per heavy atom. The Labute approximate surface area is 265 Å². The molecule has 10 heteroatoms. The summed E-state index contributed by atoms with van der Waals surface area (Å²) in [7, 11) is 1.63. The molecule has 1 aliphatic heterocycles. The standard InChI is InChI=1S/C35H44N2O8/c1-26(38)36-19-17-28-9-3-4-10-31(28)44-23-24-45-34-25-37(35(39)40)20-18-30(34)27-13-15-29(16-14-27)42-21-7-8-22-43-33-12-6-5-11-32(33)41-2/h3-6,9-16,30,34H,7-8,17-25H2,1-2H3,(H,36,38)(H,39,40). The van der Waals surface area contributed by atoms with Crippen molar-refractivity contribution >= 4 is 12.0 Å². The van der Waals surface area contributed by atoms with Gasteiger partial charge in [-0.2, -0.15) is 0 Å². The Morgan fingerprint density at radius 2 is 1.51 bits per heavy atom. The van der Waals surface area contributed by atoms with Crippen LogP contribution in [-0.2, 0) is 16.0 Å². The van der Waals surface area contributed by atoms with E-state index >= 15 is 0 Å². The van der Waals surface area contributed by atoms with Crippen molar-refractivity contribution < 1.29 is 38.4 Å². The molecule has 2 amide bonds. The number of piperidine rings is 1. The lowest BCUT2D eigenvalue weighted by Gasteiger charge is -2.37. The Bertz CT molecular complexity index is 1350.